The molecule has 1 heteroatoms. The minimum atomic E-state index is 0.0204. The van der Waals surface area contributed by atoms with Gasteiger partial charge in [0, 0.05) is 5.41 Å². The molecule has 2 atom stereocenters. The summed E-state index contributed by atoms with van der Waals surface area (Å²) >= 11 is 0. The predicted molar refractivity (Wildman–Crippen MR) is 72.7 cm³/mol. The average Bonchev–Trinajstić information content (AvgIpc) is 3.09. The van der Waals surface area contributed by atoms with E-state index in [2.05, 4.69) is 62.4 Å². The van der Waals surface area contributed by atoms with Gasteiger partial charge < -0.3 is 4.74 Å². The zero-order chi connectivity index (χ0) is 12.3. The topological polar surface area (TPSA) is 12.5 Å². The number of ether oxygens (including phenoxy) is 1. The lowest BCUT2D eigenvalue weighted by Crippen LogP contribution is -2.28. The molecule has 90 valence electrons. The van der Waals surface area contributed by atoms with E-state index in [-0.39, 0.29) is 5.41 Å². The summed E-state index contributed by atoms with van der Waals surface area (Å²) in [6.07, 6.45) is 0.691. The first-order chi connectivity index (χ1) is 8.73. The van der Waals surface area contributed by atoms with E-state index in [0.29, 0.717) is 12.2 Å². The van der Waals surface area contributed by atoms with Gasteiger partial charge in [0.1, 0.15) is 0 Å². The fourth-order valence-electron chi connectivity index (χ4n) is 3.58. The molecule has 0 bridgehead atoms. The minimum Gasteiger partial charge on any atom is -0.369 e. The van der Waals surface area contributed by atoms with Gasteiger partial charge in [0.05, 0.1) is 12.2 Å². The molecule has 0 amide bonds. The maximum Gasteiger partial charge on any atom is 0.0973 e. The van der Waals surface area contributed by atoms with E-state index in [1.165, 1.54) is 22.3 Å². The highest BCUT2D eigenvalue weighted by Crippen LogP contribution is 2.55. The van der Waals surface area contributed by atoms with Gasteiger partial charge in [-0.1, -0.05) is 48.5 Å². The van der Waals surface area contributed by atoms with Gasteiger partial charge in [0.25, 0.3) is 0 Å². The molecule has 1 aliphatic carbocycles. The van der Waals surface area contributed by atoms with Gasteiger partial charge in [-0.2, -0.15) is 0 Å². The van der Waals surface area contributed by atoms with Crippen LogP contribution in [0.25, 0.3) is 11.1 Å². The van der Waals surface area contributed by atoms with Crippen molar-refractivity contribution in [3.63, 3.8) is 0 Å². The normalized spacial score (nSPS) is 26.6. The Morgan fingerprint density at radius 2 is 1.33 bits per heavy atom. The van der Waals surface area contributed by atoms with E-state index < -0.39 is 0 Å². The Hall–Kier alpha value is -1.60. The lowest BCUT2D eigenvalue weighted by molar-refractivity contribution is 0.326. The molecule has 18 heavy (non-hydrogen) atoms. The molecule has 1 nitrogen and oxygen atoms in total. The molecule has 0 N–H and O–H groups in total. The van der Waals surface area contributed by atoms with Crippen LogP contribution >= 0.6 is 0 Å². The third-order valence-corrected chi connectivity index (χ3v) is 4.54. The second-order valence-electron chi connectivity index (χ2n) is 5.56. The highest BCUT2D eigenvalue weighted by Gasteiger charge is 2.55. The summed E-state index contributed by atoms with van der Waals surface area (Å²) in [6, 6.07) is 17.5. The number of epoxide rings is 1. The van der Waals surface area contributed by atoms with E-state index in [0.717, 1.165) is 0 Å². The molecular weight excluding hydrogens is 220 g/mol. The van der Waals surface area contributed by atoms with Crippen LogP contribution < -0.4 is 0 Å². The van der Waals surface area contributed by atoms with Crippen LogP contribution in [0.4, 0.5) is 0 Å². The van der Waals surface area contributed by atoms with Gasteiger partial charge in [-0.25, -0.2) is 0 Å². The van der Waals surface area contributed by atoms with Gasteiger partial charge >= 0.3 is 0 Å². The molecule has 1 aliphatic heterocycles. The van der Waals surface area contributed by atoms with Crippen LogP contribution in [0, 0.1) is 0 Å². The Kier molecular flexibility index (Phi) is 1.86. The van der Waals surface area contributed by atoms with Crippen LogP contribution in [0.3, 0.4) is 0 Å². The third kappa shape index (κ3) is 1.10. The first-order valence-corrected chi connectivity index (χ1v) is 6.58. The molecule has 2 aromatic rings. The summed E-state index contributed by atoms with van der Waals surface area (Å²) in [7, 11) is 0. The zero-order valence-electron chi connectivity index (χ0n) is 10.7. The average molecular weight is 236 g/mol. The predicted octanol–water partition coefficient (Wildman–Crippen LogP) is 3.76. The number of fused-ring (bicyclic) bond motifs is 3. The van der Waals surface area contributed by atoms with Gasteiger partial charge in [0.15, 0.2) is 0 Å². The lowest BCUT2D eigenvalue weighted by atomic mass is 9.76. The van der Waals surface area contributed by atoms with Crippen molar-refractivity contribution in [3.8, 4) is 11.1 Å². The standard InChI is InChI=1S/C17H16O/c1-11-16(18-11)17(2)14-9-5-3-7-12(14)13-8-4-6-10-15(13)17/h3-11,16H,1-2H3. The van der Waals surface area contributed by atoms with Gasteiger partial charge in [-0.15, -0.1) is 0 Å². The SMILES string of the molecule is CC1OC1C1(C)c2ccccc2-c2ccccc21. The van der Waals surface area contributed by atoms with Gasteiger partial charge in [-0.3, -0.25) is 0 Å². The van der Waals surface area contributed by atoms with Crippen LogP contribution in [-0.2, 0) is 10.2 Å². The molecule has 2 aliphatic rings. The third-order valence-electron chi connectivity index (χ3n) is 4.54. The highest BCUT2D eigenvalue weighted by molar-refractivity contribution is 5.81. The molecule has 0 aromatic heterocycles. The van der Waals surface area contributed by atoms with Crippen molar-refractivity contribution in [1.82, 2.24) is 0 Å². The maximum absolute atomic E-state index is 5.82. The van der Waals surface area contributed by atoms with E-state index in [9.17, 15) is 0 Å². The Balaban J connectivity index is 2.04. The number of hydrogen-bond acceptors (Lipinski definition) is 1. The van der Waals surface area contributed by atoms with E-state index >= 15 is 0 Å². The first-order valence-electron chi connectivity index (χ1n) is 6.58. The summed E-state index contributed by atoms with van der Waals surface area (Å²) < 4.78 is 5.82. The van der Waals surface area contributed by atoms with Crippen molar-refractivity contribution >= 4 is 0 Å². The fourth-order valence-corrected chi connectivity index (χ4v) is 3.58. The van der Waals surface area contributed by atoms with Crippen molar-refractivity contribution in [2.75, 3.05) is 0 Å². The smallest absolute Gasteiger partial charge is 0.0973 e. The maximum atomic E-state index is 5.82. The Labute approximate surface area is 107 Å². The molecule has 0 saturated carbocycles. The second-order valence-corrected chi connectivity index (χ2v) is 5.56. The van der Waals surface area contributed by atoms with Crippen LogP contribution in [0.15, 0.2) is 48.5 Å². The van der Waals surface area contributed by atoms with E-state index in [1.807, 2.05) is 0 Å². The minimum absolute atomic E-state index is 0.0204. The Bertz CT molecular complexity index is 584. The van der Waals surface area contributed by atoms with Crippen LogP contribution in [-0.4, -0.2) is 12.2 Å². The summed E-state index contributed by atoms with van der Waals surface area (Å²) in [5.41, 5.74) is 5.60. The van der Waals surface area contributed by atoms with Crippen molar-refractivity contribution in [2.45, 2.75) is 31.5 Å². The van der Waals surface area contributed by atoms with Crippen molar-refractivity contribution in [3.05, 3.63) is 59.7 Å². The monoisotopic (exact) mass is 236 g/mol. The Morgan fingerprint density at radius 1 is 0.889 bits per heavy atom. The van der Waals surface area contributed by atoms with Gasteiger partial charge in [-0.05, 0) is 36.1 Å². The molecular formula is C17H16O. The Morgan fingerprint density at radius 3 is 1.78 bits per heavy atom. The van der Waals surface area contributed by atoms with Crippen molar-refractivity contribution < 1.29 is 4.74 Å². The molecule has 0 spiro atoms. The van der Waals surface area contributed by atoms with Crippen LogP contribution in [0.5, 0.6) is 0 Å². The second kappa shape index (κ2) is 3.24. The quantitative estimate of drug-likeness (QED) is 0.687. The number of rotatable bonds is 1. The van der Waals surface area contributed by atoms with Crippen LogP contribution in [0.1, 0.15) is 25.0 Å². The van der Waals surface area contributed by atoms with E-state index in [4.69, 9.17) is 4.74 Å². The highest BCUT2D eigenvalue weighted by atomic mass is 16.6. The lowest BCUT2D eigenvalue weighted by Gasteiger charge is -2.25. The summed E-state index contributed by atoms with van der Waals surface area (Å²) in [6.45, 7) is 4.49. The van der Waals surface area contributed by atoms with Gasteiger partial charge in [0.2, 0.25) is 0 Å². The molecule has 1 heterocycles. The molecule has 2 unspecified atom stereocenters. The molecule has 4 rings (SSSR count). The first kappa shape index (κ1) is 10.3. The molecule has 1 saturated heterocycles. The van der Waals surface area contributed by atoms with Crippen LogP contribution in [0.2, 0.25) is 0 Å². The van der Waals surface area contributed by atoms with Crippen molar-refractivity contribution in [1.29, 1.82) is 0 Å². The number of benzene rings is 2. The molecule has 0 radical (unpaired) electrons. The summed E-state index contributed by atoms with van der Waals surface area (Å²) in [5, 5.41) is 0. The summed E-state index contributed by atoms with van der Waals surface area (Å²) in [5.74, 6) is 0. The zero-order valence-corrected chi connectivity index (χ0v) is 10.7. The van der Waals surface area contributed by atoms with E-state index in [1.54, 1.807) is 0 Å². The summed E-state index contributed by atoms with van der Waals surface area (Å²) in [4.78, 5) is 0. The fraction of sp³-hybridized carbons (Fsp3) is 0.294. The number of hydrogen-bond donors (Lipinski definition) is 0. The van der Waals surface area contributed by atoms with Crippen molar-refractivity contribution in [2.24, 2.45) is 0 Å². The molecule has 1 fully saturated rings. The largest absolute Gasteiger partial charge is 0.369 e. The molecule has 2 aromatic carbocycles.